The number of fused-ring (bicyclic) bond motifs is 1. The molecule has 1 N–H and O–H groups in total. The van der Waals surface area contributed by atoms with E-state index in [1.54, 1.807) is 18.2 Å². The van der Waals surface area contributed by atoms with E-state index in [4.69, 9.17) is 9.47 Å². The zero-order valence-corrected chi connectivity index (χ0v) is 16.3. The van der Waals surface area contributed by atoms with E-state index in [-0.39, 0.29) is 17.1 Å². The average Bonchev–Trinajstić information content (AvgIpc) is 3.21. The lowest BCUT2D eigenvalue weighted by molar-refractivity contribution is -0.0461. The average molecular weight is 412 g/mol. The van der Waals surface area contributed by atoms with Crippen molar-refractivity contribution in [2.24, 2.45) is 0 Å². The molecule has 0 fully saturated rings. The summed E-state index contributed by atoms with van der Waals surface area (Å²) in [5.41, 5.74) is 2.71. The monoisotopic (exact) mass is 412 g/mol. The van der Waals surface area contributed by atoms with Crippen molar-refractivity contribution in [3.05, 3.63) is 120 Å². The third-order valence-electron chi connectivity index (χ3n) is 5.27. The Morgan fingerprint density at radius 1 is 0.742 bits per heavy atom. The number of hydrogen-bond donors (Lipinski definition) is 1. The topological polar surface area (TPSA) is 55.8 Å². The van der Waals surface area contributed by atoms with E-state index in [0.29, 0.717) is 16.9 Å². The molecule has 0 saturated carbocycles. The molecule has 0 saturated heterocycles. The first-order chi connectivity index (χ1) is 15.1. The minimum atomic E-state index is -1.32. The maximum atomic E-state index is 13.4. The number of hydrogen-bond acceptors (Lipinski definition) is 3. The quantitative estimate of drug-likeness (QED) is 0.456. The van der Waals surface area contributed by atoms with Gasteiger partial charge in [-0.1, -0.05) is 72.8 Å². The summed E-state index contributed by atoms with van der Waals surface area (Å²) >= 11 is 0. The van der Waals surface area contributed by atoms with E-state index < -0.39 is 11.8 Å². The second-order valence-corrected chi connectivity index (χ2v) is 7.22. The van der Waals surface area contributed by atoms with Crippen LogP contribution in [0, 0.1) is 5.82 Å². The lowest BCUT2D eigenvalue weighted by Gasteiger charge is -2.28. The highest BCUT2D eigenvalue weighted by Crippen LogP contribution is 2.50. The van der Waals surface area contributed by atoms with Gasteiger partial charge in [-0.25, -0.2) is 9.18 Å². The number of halogens is 1. The van der Waals surface area contributed by atoms with E-state index in [0.717, 1.165) is 11.1 Å². The van der Waals surface area contributed by atoms with Crippen molar-refractivity contribution in [2.45, 2.75) is 5.79 Å². The largest absolute Gasteiger partial charge is 0.478 e. The molecule has 4 aromatic rings. The maximum absolute atomic E-state index is 13.4. The number of aromatic carboxylic acids is 1. The first kappa shape index (κ1) is 18.9. The van der Waals surface area contributed by atoms with Crippen LogP contribution in [-0.4, -0.2) is 11.1 Å². The van der Waals surface area contributed by atoms with Crippen molar-refractivity contribution in [1.82, 2.24) is 0 Å². The van der Waals surface area contributed by atoms with Gasteiger partial charge in [-0.15, -0.1) is 0 Å². The number of ether oxygens (including phenoxy) is 2. The summed E-state index contributed by atoms with van der Waals surface area (Å²) in [6, 6.07) is 27.9. The molecular formula is C26H17FO4. The molecule has 5 rings (SSSR count). The molecule has 152 valence electrons. The molecule has 5 heteroatoms. The van der Waals surface area contributed by atoms with E-state index >= 15 is 0 Å². The summed E-state index contributed by atoms with van der Waals surface area (Å²) in [6.45, 7) is 0. The summed E-state index contributed by atoms with van der Waals surface area (Å²) in [5, 5.41) is 9.88. The summed E-state index contributed by atoms with van der Waals surface area (Å²) < 4.78 is 26.1. The van der Waals surface area contributed by atoms with Gasteiger partial charge in [0.2, 0.25) is 0 Å². The molecule has 31 heavy (non-hydrogen) atoms. The Morgan fingerprint density at radius 3 is 1.87 bits per heavy atom. The van der Waals surface area contributed by atoms with Crippen LogP contribution in [0.15, 0.2) is 97.1 Å². The SMILES string of the molecule is O=C(O)c1cc(-c2ccc(F)cc2)cc2c1OC(c1ccccc1)(c1ccccc1)O2. The van der Waals surface area contributed by atoms with Gasteiger partial charge in [0.25, 0.3) is 0 Å². The number of carboxylic acids is 1. The Kier molecular flexibility index (Phi) is 4.44. The summed E-state index contributed by atoms with van der Waals surface area (Å²) in [7, 11) is 0. The van der Waals surface area contributed by atoms with Crippen LogP contribution in [0.3, 0.4) is 0 Å². The van der Waals surface area contributed by atoms with Crippen LogP contribution in [-0.2, 0) is 5.79 Å². The number of benzene rings is 4. The number of carboxylic acid groups (broad SMARTS) is 1. The highest BCUT2D eigenvalue weighted by molar-refractivity contribution is 5.94. The Hall–Kier alpha value is -4.12. The lowest BCUT2D eigenvalue weighted by Crippen LogP contribution is -2.36. The minimum absolute atomic E-state index is 0.0226. The lowest BCUT2D eigenvalue weighted by atomic mass is 9.97. The van der Waals surface area contributed by atoms with Gasteiger partial charge >= 0.3 is 11.8 Å². The maximum Gasteiger partial charge on any atom is 0.339 e. The predicted octanol–water partition coefficient (Wildman–Crippen LogP) is 5.86. The third kappa shape index (κ3) is 3.20. The van der Waals surface area contributed by atoms with Crippen molar-refractivity contribution in [2.75, 3.05) is 0 Å². The van der Waals surface area contributed by atoms with Gasteiger partial charge in [0.15, 0.2) is 11.5 Å². The smallest absolute Gasteiger partial charge is 0.339 e. The molecule has 4 aromatic carbocycles. The predicted molar refractivity (Wildman–Crippen MR) is 114 cm³/mol. The zero-order chi connectivity index (χ0) is 21.4. The van der Waals surface area contributed by atoms with Crippen molar-refractivity contribution >= 4 is 5.97 Å². The second kappa shape index (κ2) is 7.29. The molecule has 0 unspecified atom stereocenters. The van der Waals surface area contributed by atoms with Crippen LogP contribution in [0.5, 0.6) is 11.5 Å². The van der Waals surface area contributed by atoms with Gasteiger partial charge in [0.05, 0.1) is 0 Å². The number of carbonyl (C=O) groups is 1. The van der Waals surface area contributed by atoms with Crippen LogP contribution in [0.1, 0.15) is 21.5 Å². The standard InChI is InChI=1S/C26H17FO4/c27-21-13-11-17(12-14-21)18-15-22(25(28)29)24-23(16-18)30-26(31-24,19-7-3-1-4-8-19)20-9-5-2-6-10-20/h1-16H,(H,28,29). The molecule has 1 heterocycles. The van der Waals surface area contributed by atoms with Gasteiger partial charge in [0.1, 0.15) is 11.4 Å². The molecule has 0 amide bonds. The zero-order valence-electron chi connectivity index (χ0n) is 16.3. The highest BCUT2D eigenvalue weighted by Gasteiger charge is 2.47. The Bertz CT molecular complexity index is 1210. The van der Waals surface area contributed by atoms with Gasteiger partial charge in [0, 0.05) is 11.1 Å². The Balaban J connectivity index is 1.70. The molecule has 4 nitrogen and oxygen atoms in total. The molecule has 1 aliphatic heterocycles. The van der Waals surface area contributed by atoms with E-state index in [1.165, 1.54) is 18.2 Å². The third-order valence-corrected chi connectivity index (χ3v) is 5.27. The van der Waals surface area contributed by atoms with Crippen LogP contribution in [0.4, 0.5) is 4.39 Å². The van der Waals surface area contributed by atoms with Gasteiger partial charge < -0.3 is 14.6 Å². The fourth-order valence-corrected chi connectivity index (χ4v) is 3.79. The second-order valence-electron chi connectivity index (χ2n) is 7.22. The highest BCUT2D eigenvalue weighted by atomic mass is 19.1. The van der Waals surface area contributed by atoms with Crippen molar-refractivity contribution in [3.63, 3.8) is 0 Å². The van der Waals surface area contributed by atoms with Gasteiger partial charge in [-0.2, -0.15) is 0 Å². The summed E-state index contributed by atoms with van der Waals surface area (Å²) in [6.07, 6.45) is 0. The summed E-state index contributed by atoms with van der Waals surface area (Å²) in [5.74, 6) is -2.36. The molecule has 0 bridgehead atoms. The van der Waals surface area contributed by atoms with E-state index in [1.807, 2.05) is 60.7 Å². The van der Waals surface area contributed by atoms with Crippen LogP contribution in [0.25, 0.3) is 11.1 Å². The first-order valence-corrected chi connectivity index (χ1v) is 9.73. The van der Waals surface area contributed by atoms with Crippen LogP contribution in [0.2, 0.25) is 0 Å². The van der Waals surface area contributed by atoms with Gasteiger partial charge in [-0.3, -0.25) is 0 Å². The first-order valence-electron chi connectivity index (χ1n) is 9.73. The van der Waals surface area contributed by atoms with E-state index in [9.17, 15) is 14.3 Å². The minimum Gasteiger partial charge on any atom is -0.478 e. The normalized spacial score (nSPS) is 13.7. The van der Waals surface area contributed by atoms with Gasteiger partial charge in [-0.05, 0) is 35.4 Å². The fraction of sp³-hybridized carbons (Fsp3) is 0.0385. The van der Waals surface area contributed by atoms with Crippen LogP contribution < -0.4 is 9.47 Å². The molecule has 0 spiro atoms. The molecule has 0 aromatic heterocycles. The summed E-state index contributed by atoms with van der Waals surface area (Å²) in [4.78, 5) is 12.1. The fourth-order valence-electron chi connectivity index (χ4n) is 3.79. The molecule has 0 aliphatic carbocycles. The van der Waals surface area contributed by atoms with Crippen molar-refractivity contribution in [3.8, 4) is 22.6 Å². The molecule has 0 atom stereocenters. The van der Waals surface area contributed by atoms with Crippen molar-refractivity contribution < 1.29 is 23.8 Å². The van der Waals surface area contributed by atoms with Crippen molar-refractivity contribution in [1.29, 1.82) is 0 Å². The molecule has 1 aliphatic rings. The Labute approximate surface area is 178 Å². The molecular weight excluding hydrogens is 395 g/mol. The van der Waals surface area contributed by atoms with Crippen LogP contribution >= 0.6 is 0 Å². The Morgan fingerprint density at radius 2 is 1.32 bits per heavy atom. The number of rotatable bonds is 4. The van der Waals surface area contributed by atoms with E-state index in [2.05, 4.69) is 0 Å². The molecule has 0 radical (unpaired) electrons.